The molecule has 0 unspecified atom stereocenters. The van der Waals surface area contributed by atoms with E-state index in [1.807, 2.05) is 11.0 Å². The van der Waals surface area contributed by atoms with Gasteiger partial charge >= 0.3 is 0 Å². The molecule has 3 aliphatic rings. The van der Waals surface area contributed by atoms with Gasteiger partial charge in [0, 0.05) is 65.6 Å². The Hall–Kier alpha value is -1.68. The number of rotatable bonds is 6. The predicted molar refractivity (Wildman–Crippen MR) is 125 cm³/mol. The second-order valence-corrected chi connectivity index (χ2v) is 11.5. The standard InChI is InChI=1S/C23H36N4O4S/c1-24(2)32(29,30)20-5-6-22(26-9-3-4-10-26)21(17-20)23(28)27-11-7-19(8-12-27)18-25-13-15-31-16-14-25/h5-6,17,19H,3-4,7-16,18H2,1-2H3. The molecule has 4 rings (SSSR count). The number of likely N-dealkylation sites (tertiary alicyclic amines) is 1. The lowest BCUT2D eigenvalue weighted by Crippen LogP contribution is -2.44. The van der Waals surface area contributed by atoms with Crippen LogP contribution in [0.3, 0.4) is 0 Å². The van der Waals surface area contributed by atoms with Gasteiger partial charge in [0.2, 0.25) is 10.0 Å². The molecule has 32 heavy (non-hydrogen) atoms. The Morgan fingerprint density at radius 3 is 2.31 bits per heavy atom. The van der Waals surface area contributed by atoms with E-state index in [4.69, 9.17) is 4.74 Å². The molecule has 0 radical (unpaired) electrons. The molecule has 3 aliphatic heterocycles. The quantitative estimate of drug-likeness (QED) is 0.638. The van der Waals surface area contributed by atoms with Crippen molar-refractivity contribution in [1.82, 2.24) is 14.1 Å². The van der Waals surface area contributed by atoms with Crippen LogP contribution in [0, 0.1) is 5.92 Å². The third-order valence-electron chi connectivity index (χ3n) is 6.95. The van der Waals surface area contributed by atoms with Crippen LogP contribution in [0.25, 0.3) is 0 Å². The normalized spacial score (nSPS) is 21.5. The number of ether oxygens (including phenoxy) is 1. The first kappa shape index (κ1) is 23.5. The maximum Gasteiger partial charge on any atom is 0.256 e. The molecule has 8 nitrogen and oxygen atoms in total. The first-order chi connectivity index (χ1) is 15.4. The summed E-state index contributed by atoms with van der Waals surface area (Å²) in [6.45, 7) is 7.92. The third-order valence-corrected chi connectivity index (χ3v) is 8.76. The Kier molecular flexibility index (Phi) is 7.39. The highest BCUT2D eigenvalue weighted by atomic mass is 32.2. The van der Waals surface area contributed by atoms with Crippen molar-refractivity contribution in [3.63, 3.8) is 0 Å². The van der Waals surface area contributed by atoms with Crippen LogP contribution in [-0.2, 0) is 14.8 Å². The van der Waals surface area contributed by atoms with Gasteiger partial charge in [-0.3, -0.25) is 9.69 Å². The second-order valence-electron chi connectivity index (χ2n) is 9.31. The Morgan fingerprint density at radius 1 is 1.03 bits per heavy atom. The van der Waals surface area contributed by atoms with Gasteiger partial charge in [0.1, 0.15) is 0 Å². The van der Waals surface area contributed by atoms with Crippen molar-refractivity contribution < 1.29 is 17.9 Å². The maximum absolute atomic E-state index is 13.6. The molecule has 0 aromatic heterocycles. The third kappa shape index (κ3) is 5.11. The van der Waals surface area contributed by atoms with Crippen molar-refractivity contribution in [1.29, 1.82) is 0 Å². The van der Waals surface area contributed by atoms with Crippen LogP contribution < -0.4 is 4.90 Å². The van der Waals surface area contributed by atoms with Gasteiger partial charge in [-0.1, -0.05) is 0 Å². The number of sulfonamides is 1. The van der Waals surface area contributed by atoms with Crippen molar-refractivity contribution in [3.8, 4) is 0 Å². The van der Waals surface area contributed by atoms with Crippen LogP contribution in [0.15, 0.2) is 23.1 Å². The number of morpholine rings is 1. The molecule has 0 bridgehead atoms. The Labute approximate surface area is 192 Å². The molecule has 0 aliphatic carbocycles. The molecule has 0 saturated carbocycles. The summed E-state index contributed by atoms with van der Waals surface area (Å²) >= 11 is 0. The highest BCUT2D eigenvalue weighted by molar-refractivity contribution is 7.89. The minimum Gasteiger partial charge on any atom is -0.379 e. The number of hydrogen-bond donors (Lipinski definition) is 0. The van der Waals surface area contributed by atoms with E-state index >= 15 is 0 Å². The maximum atomic E-state index is 13.6. The van der Waals surface area contributed by atoms with E-state index in [1.54, 1.807) is 12.1 Å². The molecule has 1 amide bonds. The zero-order valence-corrected chi connectivity index (χ0v) is 20.1. The van der Waals surface area contributed by atoms with Gasteiger partial charge in [0.25, 0.3) is 5.91 Å². The van der Waals surface area contributed by atoms with E-state index < -0.39 is 10.0 Å². The summed E-state index contributed by atoms with van der Waals surface area (Å²) in [7, 11) is -0.564. The molecule has 1 aromatic carbocycles. The summed E-state index contributed by atoms with van der Waals surface area (Å²) in [5.74, 6) is 0.545. The highest BCUT2D eigenvalue weighted by Gasteiger charge is 2.30. The van der Waals surface area contributed by atoms with Crippen LogP contribution >= 0.6 is 0 Å². The molecule has 1 aromatic rings. The van der Waals surface area contributed by atoms with Gasteiger partial charge < -0.3 is 14.5 Å². The van der Waals surface area contributed by atoms with Crippen LogP contribution in [0.1, 0.15) is 36.0 Å². The Bertz CT molecular complexity index is 901. The van der Waals surface area contributed by atoms with E-state index in [9.17, 15) is 13.2 Å². The number of piperidine rings is 1. The summed E-state index contributed by atoms with van der Waals surface area (Å²) in [5.41, 5.74) is 1.38. The van der Waals surface area contributed by atoms with Gasteiger partial charge in [-0.2, -0.15) is 0 Å². The van der Waals surface area contributed by atoms with Crippen LogP contribution in [0.2, 0.25) is 0 Å². The Balaban J connectivity index is 1.50. The molecule has 0 N–H and O–H groups in total. The Morgan fingerprint density at radius 2 is 1.69 bits per heavy atom. The van der Waals surface area contributed by atoms with Crippen molar-refractivity contribution in [3.05, 3.63) is 23.8 Å². The SMILES string of the molecule is CN(C)S(=O)(=O)c1ccc(N2CCCC2)c(C(=O)N2CCC(CN3CCOCC3)CC2)c1. The van der Waals surface area contributed by atoms with Crippen molar-refractivity contribution in [2.45, 2.75) is 30.6 Å². The number of hydrogen-bond acceptors (Lipinski definition) is 6. The number of carbonyl (C=O) groups excluding carboxylic acids is 1. The van der Waals surface area contributed by atoms with Gasteiger partial charge in [0.05, 0.1) is 23.7 Å². The molecule has 0 spiro atoms. The first-order valence-corrected chi connectivity index (χ1v) is 13.2. The van der Waals surface area contributed by atoms with Crippen LogP contribution in [0.4, 0.5) is 5.69 Å². The lowest BCUT2D eigenvalue weighted by Gasteiger charge is -2.36. The van der Waals surface area contributed by atoms with E-state index in [-0.39, 0.29) is 10.8 Å². The average molecular weight is 465 g/mol. The summed E-state index contributed by atoms with van der Waals surface area (Å²) in [5, 5.41) is 0. The molecular weight excluding hydrogens is 428 g/mol. The molecule has 3 saturated heterocycles. The fourth-order valence-corrected chi connectivity index (χ4v) is 5.86. The predicted octanol–water partition coefficient (Wildman–Crippen LogP) is 1.72. The largest absolute Gasteiger partial charge is 0.379 e. The van der Waals surface area contributed by atoms with Crippen molar-refractivity contribution in [2.75, 3.05) is 78.0 Å². The summed E-state index contributed by atoms with van der Waals surface area (Å²) < 4.78 is 32.1. The number of amides is 1. The minimum atomic E-state index is -3.60. The van der Waals surface area contributed by atoms with Gasteiger partial charge in [-0.25, -0.2) is 12.7 Å². The van der Waals surface area contributed by atoms with Crippen LogP contribution in [0.5, 0.6) is 0 Å². The number of benzene rings is 1. The molecule has 0 atom stereocenters. The lowest BCUT2D eigenvalue weighted by atomic mass is 9.95. The minimum absolute atomic E-state index is 0.0486. The number of carbonyl (C=O) groups is 1. The fraction of sp³-hybridized carbons (Fsp3) is 0.696. The molecule has 9 heteroatoms. The summed E-state index contributed by atoms with van der Waals surface area (Å²) in [6, 6.07) is 5.04. The molecule has 178 valence electrons. The van der Waals surface area contributed by atoms with Gasteiger partial charge in [-0.05, 0) is 49.8 Å². The van der Waals surface area contributed by atoms with Gasteiger partial charge in [-0.15, -0.1) is 0 Å². The number of nitrogens with zero attached hydrogens (tertiary/aromatic N) is 4. The van der Waals surface area contributed by atoms with E-state index in [1.165, 1.54) is 18.4 Å². The second kappa shape index (κ2) is 10.1. The van der Waals surface area contributed by atoms with E-state index in [0.717, 1.165) is 90.4 Å². The van der Waals surface area contributed by atoms with E-state index in [0.29, 0.717) is 11.5 Å². The average Bonchev–Trinajstić information content (AvgIpc) is 3.34. The number of anilines is 1. The van der Waals surface area contributed by atoms with E-state index in [2.05, 4.69) is 9.80 Å². The van der Waals surface area contributed by atoms with Crippen LogP contribution in [-0.4, -0.2) is 102 Å². The van der Waals surface area contributed by atoms with Crippen molar-refractivity contribution in [2.24, 2.45) is 5.92 Å². The fourth-order valence-electron chi connectivity index (χ4n) is 4.93. The summed E-state index contributed by atoms with van der Waals surface area (Å²) in [4.78, 5) is 20.4. The zero-order chi connectivity index (χ0) is 22.7. The van der Waals surface area contributed by atoms with Gasteiger partial charge in [0.15, 0.2) is 0 Å². The smallest absolute Gasteiger partial charge is 0.256 e. The summed E-state index contributed by atoms with van der Waals surface area (Å²) in [6.07, 6.45) is 4.16. The molecular formula is C23H36N4O4S. The first-order valence-electron chi connectivity index (χ1n) is 11.8. The highest BCUT2D eigenvalue weighted by Crippen LogP contribution is 2.30. The van der Waals surface area contributed by atoms with Crippen molar-refractivity contribution >= 4 is 21.6 Å². The monoisotopic (exact) mass is 464 g/mol. The molecule has 3 heterocycles. The lowest BCUT2D eigenvalue weighted by molar-refractivity contribution is 0.0243. The topological polar surface area (TPSA) is 73.4 Å². The zero-order valence-electron chi connectivity index (χ0n) is 19.3. The molecule has 3 fully saturated rings.